The first-order chi connectivity index (χ1) is 15.8. The monoisotopic (exact) mass is 486 g/mol. The average Bonchev–Trinajstić information content (AvgIpc) is 2.79. The molecule has 4 rings (SSSR count). The maximum atomic E-state index is 15.0. The highest BCUT2D eigenvalue weighted by atomic mass is 32.2. The van der Waals surface area contributed by atoms with E-state index in [0.717, 1.165) is 22.3 Å². The number of aromatic nitrogens is 2. The topological polar surface area (TPSA) is 110 Å². The molecule has 2 aromatic heterocycles. The van der Waals surface area contributed by atoms with Gasteiger partial charge in [0.25, 0.3) is 10.2 Å². The molecular weight excluding hydrogens is 467 g/mol. The fraction of sp³-hybridized carbons (Fsp3) is 0.136. The van der Waals surface area contributed by atoms with Crippen LogP contribution in [0.25, 0.3) is 10.1 Å². The number of ether oxygens (including phenoxy) is 1. The number of aryl methyl sites for hydroxylation is 1. The molecule has 11 heteroatoms. The van der Waals surface area contributed by atoms with Crippen LogP contribution in [0.15, 0.2) is 59.7 Å². The number of benzene rings is 2. The highest BCUT2D eigenvalue weighted by molar-refractivity contribution is 7.90. The molecular formula is C22H19FN4O4S2. The molecule has 0 atom stereocenters. The van der Waals surface area contributed by atoms with Gasteiger partial charge in [0.05, 0.1) is 5.69 Å². The van der Waals surface area contributed by atoms with Crippen LogP contribution in [0.5, 0.6) is 11.8 Å². The van der Waals surface area contributed by atoms with E-state index in [-0.39, 0.29) is 28.4 Å². The lowest BCUT2D eigenvalue weighted by molar-refractivity contribution is 0.442. The number of halogens is 1. The van der Waals surface area contributed by atoms with Gasteiger partial charge in [0.2, 0.25) is 4.74 Å². The Morgan fingerprint density at radius 2 is 1.88 bits per heavy atom. The van der Waals surface area contributed by atoms with E-state index in [0.29, 0.717) is 16.0 Å². The Morgan fingerprint density at radius 3 is 2.61 bits per heavy atom. The Balaban J connectivity index is 1.68. The molecule has 170 valence electrons. The van der Waals surface area contributed by atoms with Crippen molar-refractivity contribution in [2.24, 2.45) is 0 Å². The van der Waals surface area contributed by atoms with Crippen molar-refractivity contribution in [3.63, 3.8) is 0 Å². The first-order valence-corrected chi connectivity index (χ1v) is 12.1. The van der Waals surface area contributed by atoms with Crippen LogP contribution in [0.2, 0.25) is 0 Å². The lowest BCUT2D eigenvalue weighted by Crippen LogP contribution is -2.27. The summed E-state index contributed by atoms with van der Waals surface area (Å²) < 4.78 is 48.8. The van der Waals surface area contributed by atoms with E-state index in [1.165, 1.54) is 25.2 Å². The maximum absolute atomic E-state index is 15.0. The van der Waals surface area contributed by atoms with Gasteiger partial charge in [-0.05, 0) is 53.8 Å². The molecule has 0 aliphatic rings. The summed E-state index contributed by atoms with van der Waals surface area (Å²) in [7, 11) is -2.66. The van der Waals surface area contributed by atoms with Gasteiger partial charge in [-0.2, -0.15) is 8.42 Å². The van der Waals surface area contributed by atoms with Crippen molar-refractivity contribution in [2.45, 2.75) is 13.3 Å². The minimum absolute atomic E-state index is 0.0220. The van der Waals surface area contributed by atoms with Crippen molar-refractivity contribution in [3.05, 3.63) is 86.9 Å². The Morgan fingerprint density at radius 1 is 1.12 bits per heavy atom. The molecule has 0 bridgehead atoms. The molecule has 0 spiro atoms. The number of nitrogens with one attached hydrogen (secondary N) is 2. The summed E-state index contributed by atoms with van der Waals surface area (Å²) in [6.45, 7) is 1.80. The summed E-state index contributed by atoms with van der Waals surface area (Å²) in [4.78, 5) is 20.9. The summed E-state index contributed by atoms with van der Waals surface area (Å²) in [5.74, 6) is -0.237. The molecule has 2 aromatic carbocycles. The second kappa shape index (κ2) is 9.22. The van der Waals surface area contributed by atoms with Gasteiger partial charge >= 0.3 is 6.01 Å². The van der Waals surface area contributed by atoms with Crippen molar-refractivity contribution in [2.75, 3.05) is 11.8 Å². The van der Waals surface area contributed by atoms with E-state index < -0.39 is 16.0 Å². The van der Waals surface area contributed by atoms with Gasteiger partial charge < -0.3 is 4.74 Å². The van der Waals surface area contributed by atoms with Gasteiger partial charge in [-0.25, -0.2) is 19.1 Å². The minimum atomic E-state index is -3.88. The SMILES string of the molecule is CNS(=O)(=O)Nc1cccc(Cc2c(C)c3ccc(Oc4ncccn4)cc3sc2=O)c1F. The van der Waals surface area contributed by atoms with Crippen molar-refractivity contribution in [1.29, 1.82) is 0 Å². The van der Waals surface area contributed by atoms with Gasteiger partial charge in [-0.15, -0.1) is 0 Å². The predicted molar refractivity (Wildman–Crippen MR) is 126 cm³/mol. The molecule has 0 aliphatic heterocycles. The predicted octanol–water partition coefficient (Wildman–Crippen LogP) is 3.76. The highest BCUT2D eigenvalue weighted by Crippen LogP contribution is 2.30. The summed E-state index contributed by atoms with van der Waals surface area (Å²) in [6, 6.07) is 11.6. The summed E-state index contributed by atoms with van der Waals surface area (Å²) in [5, 5.41) is 0.836. The van der Waals surface area contributed by atoms with Crippen LogP contribution in [-0.2, 0) is 16.6 Å². The van der Waals surface area contributed by atoms with Crippen LogP contribution in [-0.4, -0.2) is 25.4 Å². The number of hydrogen-bond donors (Lipinski definition) is 2. The van der Waals surface area contributed by atoms with Crippen LogP contribution in [0, 0.1) is 12.7 Å². The van der Waals surface area contributed by atoms with E-state index in [1.54, 1.807) is 37.5 Å². The second-order valence-corrected chi connectivity index (χ2v) is 9.68. The van der Waals surface area contributed by atoms with Gasteiger partial charge in [-0.3, -0.25) is 9.52 Å². The fourth-order valence-corrected chi connectivity index (χ4v) is 4.87. The van der Waals surface area contributed by atoms with Crippen LogP contribution in [0.3, 0.4) is 0 Å². The third-order valence-electron chi connectivity index (χ3n) is 4.97. The molecule has 0 radical (unpaired) electrons. The van der Waals surface area contributed by atoms with E-state index in [2.05, 4.69) is 19.4 Å². The first kappa shape index (κ1) is 22.8. The Labute approximate surface area is 193 Å². The number of nitrogens with zero attached hydrogens (tertiary/aromatic N) is 2. The van der Waals surface area contributed by atoms with E-state index in [1.807, 2.05) is 6.07 Å². The summed E-state index contributed by atoms with van der Waals surface area (Å²) in [6.07, 6.45) is 3.15. The molecule has 2 N–H and O–H groups in total. The van der Waals surface area contributed by atoms with Crippen LogP contribution >= 0.6 is 11.3 Å². The third-order valence-corrected chi connectivity index (χ3v) is 6.98. The van der Waals surface area contributed by atoms with Crippen molar-refractivity contribution >= 4 is 37.3 Å². The van der Waals surface area contributed by atoms with Crippen LogP contribution in [0.4, 0.5) is 10.1 Å². The lowest BCUT2D eigenvalue weighted by atomic mass is 10.00. The van der Waals surface area contributed by atoms with Crippen molar-refractivity contribution < 1.29 is 17.5 Å². The van der Waals surface area contributed by atoms with Crippen molar-refractivity contribution in [3.8, 4) is 11.8 Å². The average molecular weight is 487 g/mol. The molecule has 0 fully saturated rings. The standard InChI is InChI=1S/C22H19FN4O4S2/c1-13-16-8-7-15(31-22-25-9-4-10-26-22)12-19(16)32-21(28)17(13)11-14-5-3-6-18(20(14)23)27-33(29,30)24-2/h3-10,12,24,27H,11H2,1-2H3. The smallest absolute Gasteiger partial charge is 0.321 e. The molecule has 0 saturated carbocycles. The largest absolute Gasteiger partial charge is 0.424 e. The van der Waals surface area contributed by atoms with Crippen LogP contribution < -0.4 is 18.9 Å². The fourth-order valence-electron chi connectivity index (χ4n) is 3.27. The molecule has 0 saturated heterocycles. The Kier molecular flexibility index (Phi) is 6.36. The van der Waals surface area contributed by atoms with E-state index >= 15 is 0 Å². The highest BCUT2D eigenvalue weighted by Gasteiger charge is 2.17. The minimum Gasteiger partial charge on any atom is -0.424 e. The number of anilines is 1. The zero-order chi connectivity index (χ0) is 23.6. The number of fused-ring (bicyclic) bond motifs is 1. The van der Waals surface area contributed by atoms with Crippen LogP contribution in [0.1, 0.15) is 16.7 Å². The van der Waals surface area contributed by atoms with Gasteiger partial charge in [0.15, 0.2) is 5.82 Å². The zero-order valence-corrected chi connectivity index (χ0v) is 19.3. The molecule has 8 nitrogen and oxygen atoms in total. The van der Waals surface area contributed by atoms with E-state index in [4.69, 9.17) is 4.74 Å². The maximum Gasteiger partial charge on any atom is 0.321 e. The summed E-state index contributed by atoms with van der Waals surface area (Å²) >= 11 is 1.03. The molecule has 33 heavy (non-hydrogen) atoms. The number of hydrogen-bond acceptors (Lipinski definition) is 7. The third kappa shape index (κ3) is 5.00. The quantitative estimate of drug-likeness (QED) is 0.412. The van der Waals surface area contributed by atoms with Crippen molar-refractivity contribution in [1.82, 2.24) is 14.7 Å². The molecule has 0 amide bonds. The zero-order valence-electron chi connectivity index (χ0n) is 17.6. The Hall–Kier alpha value is -3.41. The molecule has 4 aromatic rings. The normalized spacial score (nSPS) is 11.5. The Bertz CT molecular complexity index is 1490. The molecule has 0 unspecified atom stereocenters. The lowest BCUT2D eigenvalue weighted by Gasteiger charge is -2.13. The van der Waals surface area contributed by atoms with Gasteiger partial charge in [0, 0.05) is 36.1 Å². The second-order valence-electron chi connectivity index (χ2n) is 7.05. The summed E-state index contributed by atoms with van der Waals surface area (Å²) in [5.41, 5.74) is 1.18. The number of rotatable bonds is 7. The van der Waals surface area contributed by atoms with Gasteiger partial charge in [0.1, 0.15) is 5.75 Å². The van der Waals surface area contributed by atoms with E-state index in [9.17, 15) is 17.6 Å². The molecule has 0 aliphatic carbocycles. The van der Waals surface area contributed by atoms with Gasteiger partial charge in [-0.1, -0.05) is 23.5 Å². The first-order valence-electron chi connectivity index (χ1n) is 9.77. The molecule has 2 heterocycles.